The van der Waals surface area contributed by atoms with Crippen LogP contribution >= 0.6 is 0 Å². The van der Waals surface area contributed by atoms with Gasteiger partial charge in [0.15, 0.2) is 0 Å². The number of rotatable bonds is 2. The molecule has 0 bridgehead atoms. The molecule has 1 aliphatic carbocycles. The molecule has 1 nitrogen and oxygen atoms in total. The smallest absolute Gasteiger partial charge is 0.0814 e. The monoisotopic (exact) mass is 334 g/mol. The van der Waals surface area contributed by atoms with Gasteiger partial charge in [-0.15, -0.1) is 23.3 Å². The van der Waals surface area contributed by atoms with E-state index in [0.29, 0.717) is 12.0 Å². The van der Waals surface area contributed by atoms with E-state index in [1.54, 1.807) is 0 Å². The van der Waals surface area contributed by atoms with Crippen LogP contribution in [-0.2, 0) is 37.5 Å². The van der Waals surface area contributed by atoms with Gasteiger partial charge in [0.25, 0.3) is 0 Å². The minimum atomic E-state index is 0. The number of carbonyl (C=O) groups excluding carboxylic acids is 1. The Hall–Kier alpha value is -1.31. The van der Waals surface area contributed by atoms with Gasteiger partial charge in [-0.1, -0.05) is 71.8 Å². The van der Waals surface area contributed by atoms with Crippen LogP contribution in [-0.4, -0.2) is 5.78 Å². The van der Waals surface area contributed by atoms with Crippen molar-refractivity contribution in [2.45, 2.75) is 6.42 Å². The Morgan fingerprint density at radius 1 is 0.900 bits per heavy atom. The average molecular weight is 334 g/mol. The maximum absolute atomic E-state index is 12.0. The number of hydrogen-bond donors (Lipinski definition) is 0. The SMILES string of the molecule is O=C1CC(c2ccccc2)=[C-]/C1=C/c1ccccc1.[Y]. The molecule has 1 aliphatic rings. The van der Waals surface area contributed by atoms with E-state index < -0.39 is 0 Å². The summed E-state index contributed by atoms with van der Waals surface area (Å²) in [6.07, 6.45) is 5.58. The third-order valence-corrected chi connectivity index (χ3v) is 3.16. The Bertz CT molecular complexity index is 654. The second-order valence-electron chi connectivity index (χ2n) is 4.54. The third kappa shape index (κ3) is 3.42. The molecule has 0 saturated heterocycles. The second-order valence-corrected chi connectivity index (χ2v) is 4.54. The minimum absolute atomic E-state index is 0. The van der Waals surface area contributed by atoms with Crippen molar-refractivity contribution in [3.8, 4) is 0 Å². The van der Waals surface area contributed by atoms with E-state index in [2.05, 4.69) is 6.08 Å². The van der Waals surface area contributed by atoms with Crippen molar-refractivity contribution >= 4 is 17.4 Å². The zero-order valence-corrected chi connectivity index (χ0v) is 13.9. The molecule has 0 N–H and O–H groups in total. The van der Waals surface area contributed by atoms with Gasteiger partial charge >= 0.3 is 0 Å². The molecule has 0 unspecified atom stereocenters. The van der Waals surface area contributed by atoms with E-state index in [1.807, 2.05) is 66.7 Å². The Labute approximate surface area is 144 Å². The van der Waals surface area contributed by atoms with Crippen LogP contribution in [0.4, 0.5) is 0 Å². The van der Waals surface area contributed by atoms with E-state index in [0.717, 1.165) is 16.7 Å². The number of ketones is 1. The zero-order valence-electron chi connectivity index (χ0n) is 11.0. The van der Waals surface area contributed by atoms with Crippen molar-refractivity contribution in [1.29, 1.82) is 0 Å². The standard InChI is InChI=1S/C18H13O.Y/c19-18-13-16(15-9-5-2-6-10-15)12-17(18)11-14-7-3-1-4-8-14;/h1-11H,13H2;/q-1;/b17-11-;. The molecular formula is C18H13OY-. The fourth-order valence-corrected chi connectivity index (χ4v) is 2.18. The first-order valence-electron chi connectivity index (χ1n) is 6.31. The van der Waals surface area contributed by atoms with Gasteiger partial charge in [0.05, 0.1) is 5.78 Å². The summed E-state index contributed by atoms with van der Waals surface area (Å²) in [6, 6.07) is 19.8. The molecule has 0 aromatic heterocycles. The summed E-state index contributed by atoms with van der Waals surface area (Å²) in [5.74, 6) is 0.141. The van der Waals surface area contributed by atoms with Crippen LogP contribution in [0.15, 0.2) is 66.2 Å². The zero-order chi connectivity index (χ0) is 13.1. The summed E-state index contributed by atoms with van der Waals surface area (Å²) in [6.45, 7) is 0. The fourth-order valence-electron chi connectivity index (χ4n) is 2.18. The number of allylic oxidation sites excluding steroid dienone is 3. The Kier molecular flexibility index (Phi) is 5.22. The molecular weight excluding hydrogens is 321 g/mol. The van der Waals surface area contributed by atoms with E-state index >= 15 is 0 Å². The van der Waals surface area contributed by atoms with Gasteiger partial charge in [-0.05, 0) is 6.42 Å². The van der Waals surface area contributed by atoms with Gasteiger partial charge in [-0.2, -0.15) is 0 Å². The molecule has 1 radical (unpaired) electrons. The molecule has 3 rings (SSSR count). The molecule has 2 aromatic carbocycles. The topological polar surface area (TPSA) is 17.1 Å². The fraction of sp³-hybridized carbons (Fsp3) is 0.0556. The molecule has 0 aliphatic heterocycles. The molecule has 0 fully saturated rings. The van der Waals surface area contributed by atoms with Crippen molar-refractivity contribution in [3.63, 3.8) is 0 Å². The summed E-state index contributed by atoms with van der Waals surface area (Å²) >= 11 is 0. The summed E-state index contributed by atoms with van der Waals surface area (Å²) in [7, 11) is 0. The van der Waals surface area contributed by atoms with Crippen LogP contribution in [0.25, 0.3) is 11.6 Å². The molecule has 95 valence electrons. The molecule has 0 heterocycles. The Morgan fingerprint density at radius 2 is 1.50 bits per heavy atom. The first-order chi connectivity index (χ1) is 9.33. The molecule has 0 saturated carbocycles. The summed E-state index contributed by atoms with van der Waals surface area (Å²) < 4.78 is 0. The van der Waals surface area contributed by atoms with Gasteiger partial charge in [0.1, 0.15) is 0 Å². The van der Waals surface area contributed by atoms with Crippen LogP contribution in [0.1, 0.15) is 17.5 Å². The molecule has 0 atom stereocenters. The summed E-state index contributed by atoms with van der Waals surface area (Å²) in [5, 5.41) is 0. The molecule has 20 heavy (non-hydrogen) atoms. The second kappa shape index (κ2) is 6.92. The largest absolute Gasteiger partial charge is 0.351 e. The van der Waals surface area contributed by atoms with Crippen LogP contribution in [0.5, 0.6) is 0 Å². The van der Waals surface area contributed by atoms with E-state index in [-0.39, 0.29) is 38.5 Å². The van der Waals surface area contributed by atoms with Crippen molar-refractivity contribution in [2.24, 2.45) is 0 Å². The quantitative estimate of drug-likeness (QED) is 0.601. The van der Waals surface area contributed by atoms with Gasteiger partial charge < -0.3 is 4.79 Å². The number of hydrogen-bond acceptors (Lipinski definition) is 1. The van der Waals surface area contributed by atoms with Crippen molar-refractivity contribution in [3.05, 3.63) is 83.4 Å². The number of Topliss-reactive ketones (excluding diaryl/α,β-unsaturated/α-hetero) is 1. The summed E-state index contributed by atoms with van der Waals surface area (Å²) in [4.78, 5) is 12.0. The van der Waals surface area contributed by atoms with Crippen molar-refractivity contribution in [2.75, 3.05) is 0 Å². The van der Waals surface area contributed by atoms with E-state index in [4.69, 9.17) is 0 Å². The van der Waals surface area contributed by atoms with Crippen LogP contribution < -0.4 is 0 Å². The molecule has 2 aromatic rings. The predicted octanol–water partition coefficient (Wildman–Crippen LogP) is 3.93. The van der Waals surface area contributed by atoms with Crippen LogP contribution in [0.2, 0.25) is 0 Å². The van der Waals surface area contributed by atoms with E-state index in [1.165, 1.54) is 0 Å². The van der Waals surface area contributed by atoms with Gasteiger partial charge in [-0.3, -0.25) is 0 Å². The predicted molar refractivity (Wildman–Crippen MR) is 77.1 cm³/mol. The molecule has 2 heteroatoms. The minimum Gasteiger partial charge on any atom is -0.351 e. The first-order valence-corrected chi connectivity index (χ1v) is 6.31. The maximum Gasteiger partial charge on any atom is 0.0814 e. The normalized spacial score (nSPS) is 15.9. The van der Waals surface area contributed by atoms with Crippen molar-refractivity contribution in [1.82, 2.24) is 0 Å². The first kappa shape index (κ1) is 15.1. The van der Waals surface area contributed by atoms with Gasteiger partial charge in [0.2, 0.25) is 0 Å². The van der Waals surface area contributed by atoms with Gasteiger partial charge in [-0.25, -0.2) is 0 Å². The average Bonchev–Trinajstić information content (AvgIpc) is 2.82. The van der Waals surface area contributed by atoms with Crippen molar-refractivity contribution < 1.29 is 37.5 Å². The maximum atomic E-state index is 12.0. The Balaban J connectivity index is 0.00000147. The molecule has 0 spiro atoms. The van der Waals surface area contributed by atoms with Crippen LogP contribution in [0, 0.1) is 6.08 Å². The number of benzene rings is 2. The van der Waals surface area contributed by atoms with Crippen LogP contribution in [0.3, 0.4) is 0 Å². The van der Waals surface area contributed by atoms with Gasteiger partial charge in [0, 0.05) is 32.7 Å². The van der Waals surface area contributed by atoms with E-state index in [9.17, 15) is 4.79 Å². The Morgan fingerprint density at radius 3 is 2.15 bits per heavy atom. The third-order valence-electron chi connectivity index (χ3n) is 3.16. The molecule has 0 amide bonds. The summed E-state index contributed by atoms with van der Waals surface area (Å²) in [5.41, 5.74) is 3.76. The number of carbonyl (C=O) groups is 1.